The van der Waals surface area contributed by atoms with Crippen LogP contribution in [0.25, 0.3) is 21.8 Å². The van der Waals surface area contributed by atoms with E-state index in [1.54, 1.807) is 53.1 Å². The van der Waals surface area contributed by atoms with Crippen LogP contribution < -0.4 is 10.7 Å². The number of aromatic nitrogens is 1. The van der Waals surface area contributed by atoms with E-state index < -0.39 is 22.7 Å². The first-order valence-corrected chi connectivity index (χ1v) is 9.30. The van der Waals surface area contributed by atoms with Crippen molar-refractivity contribution < 1.29 is 18.0 Å². The Bertz CT molecular complexity index is 1290. The van der Waals surface area contributed by atoms with E-state index in [4.69, 9.17) is 11.6 Å². The molecule has 0 unspecified atom stereocenters. The van der Waals surface area contributed by atoms with Gasteiger partial charge in [-0.25, -0.2) is 0 Å². The van der Waals surface area contributed by atoms with Crippen LogP contribution in [0.4, 0.5) is 18.9 Å². The maximum absolute atomic E-state index is 13.1. The second kappa shape index (κ2) is 7.50. The van der Waals surface area contributed by atoms with E-state index in [2.05, 4.69) is 5.32 Å². The van der Waals surface area contributed by atoms with Crippen LogP contribution in [-0.4, -0.2) is 10.5 Å². The van der Waals surface area contributed by atoms with E-state index in [0.29, 0.717) is 21.8 Å². The standard InChI is InChI=1S/C22H14ClF3N2O2/c23-17-10-9-13(11-16(17)22(24,25)26)27-20(29)12-28-18-7-3-1-5-14(18)21(30)15-6-2-4-8-19(15)28/h1-11H,12H2,(H,27,29). The number of hydrogen-bond donors (Lipinski definition) is 1. The van der Waals surface area contributed by atoms with Crippen molar-refractivity contribution in [2.45, 2.75) is 12.7 Å². The molecule has 4 aromatic rings. The highest BCUT2D eigenvalue weighted by atomic mass is 35.5. The maximum Gasteiger partial charge on any atom is 0.417 e. The van der Waals surface area contributed by atoms with Crippen molar-refractivity contribution in [1.82, 2.24) is 4.57 Å². The molecule has 8 heteroatoms. The summed E-state index contributed by atoms with van der Waals surface area (Å²) >= 11 is 5.63. The number of pyridine rings is 1. The minimum absolute atomic E-state index is 0.0219. The van der Waals surface area contributed by atoms with Crippen LogP contribution in [0.15, 0.2) is 71.5 Å². The van der Waals surface area contributed by atoms with Crippen molar-refractivity contribution in [1.29, 1.82) is 0 Å². The number of para-hydroxylation sites is 2. The third-order valence-corrected chi connectivity index (χ3v) is 5.07. The number of carbonyl (C=O) groups excluding carboxylic acids is 1. The molecule has 0 saturated heterocycles. The second-order valence-corrected chi connectivity index (χ2v) is 7.10. The summed E-state index contributed by atoms with van der Waals surface area (Å²) in [4.78, 5) is 25.4. The number of benzene rings is 3. The quantitative estimate of drug-likeness (QED) is 0.438. The van der Waals surface area contributed by atoms with Gasteiger partial charge in [0.05, 0.1) is 21.6 Å². The molecule has 30 heavy (non-hydrogen) atoms. The molecule has 1 N–H and O–H groups in total. The molecule has 0 aliphatic heterocycles. The molecular weight excluding hydrogens is 417 g/mol. The smallest absolute Gasteiger partial charge is 0.331 e. The van der Waals surface area contributed by atoms with Gasteiger partial charge in [0.25, 0.3) is 0 Å². The molecule has 3 aromatic carbocycles. The van der Waals surface area contributed by atoms with Crippen LogP contribution in [0, 0.1) is 0 Å². The van der Waals surface area contributed by atoms with Crippen LogP contribution in [0.5, 0.6) is 0 Å². The van der Waals surface area contributed by atoms with Gasteiger partial charge in [0.15, 0.2) is 5.43 Å². The van der Waals surface area contributed by atoms with Crippen LogP contribution in [0.3, 0.4) is 0 Å². The topological polar surface area (TPSA) is 51.1 Å². The lowest BCUT2D eigenvalue weighted by Gasteiger charge is -2.16. The van der Waals surface area contributed by atoms with Gasteiger partial charge in [-0.05, 0) is 42.5 Å². The van der Waals surface area contributed by atoms with Gasteiger partial charge >= 0.3 is 6.18 Å². The van der Waals surface area contributed by atoms with Gasteiger partial charge in [-0.3, -0.25) is 9.59 Å². The molecule has 0 atom stereocenters. The fraction of sp³-hybridized carbons (Fsp3) is 0.0909. The number of carbonyl (C=O) groups is 1. The molecule has 0 bridgehead atoms. The first kappa shape index (κ1) is 20.0. The van der Waals surface area contributed by atoms with Crippen LogP contribution in [0.2, 0.25) is 5.02 Å². The lowest BCUT2D eigenvalue weighted by molar-refractivity contribution is -0.137. The summed E-state index contributed by atoms with van der Waals surface area (Å²) < 4.78 is 40.9. The Kier molecular flexibility index (Phi) is 4.99. The van der Waals surface area contributed by atoms with Gasteiger partial charge < -0.3 is 9.88 Å². The molecule has 0 radical (unpaired) electrons. The van der Waals surface area contributed by atoms with E-state index in [9.17, 15) is 22.8 Å². The zero-order chi connectivity index (χ0) is 21.5. The van der Waals surface area contributed by atoms with Crippen LogP contribution in [-0.2, 0) is 17.5 Å². The fourth-order valence-electron chi connectivity index (χ4n) is 3.41. The molecule has 1 heterocycles. The Balaban J connectivity index is 1.74. The third-order valence-electron chi connectivity index (χ3n) is 4.74. The van der Waals surface area contributed by atoms with Crippen molar-refractivity contribution in [3.63, 3.8) is 0 Å². The lowest BCUT2D eigenvalue weighted by atomic mass is 10.1. The van der Waals surface area contributed by atoms with Crippen molar-refractivity contribution in [3.05, 3.63) is 87.5 Å². The van der Waals surface area contributed by atoms with Crippen LogP contribution in [0.1, 0.15) is 5.56 Å². The van der Waals surface area contributed by atoms with Crippen molar-refractivity contribution in [3.8, 4) is 0 Å². The van der Waals surface area contributed by atoms with E-state index in [0.717, 1.165) is 12.1 Å². The first-order chi connectivity index (χ1) is 14.3. The average molecular weight is 431 g/mol. The summed E-state index contributed by atoms with van der Waals surface area (Å²) in [7, 11) is 0. The third kappa shape index (κ3) is 3.64. The number of halogens is 4. The number of amides is 1. The zero-order valence-corrected chi connectivity index (χ0v) is 16.1. The Labute approximate surface area is 173 Å². The molecule has 0 fully saturated rings. The van der Waals surface area contributed by atoms with E-state index in [-0.39, 0.29) is 17.7 Å². The van der Waals surface area contributed by atoms with Crippen LogP contribution >= 0.6 is 11.6 Å². The second-order valence-electron chi connectivity index (χ2n) is 6.69. The molecule has 0 aliphatic carbocycles. The van der Waals surface area contributed by atoms with Gasteiger partial charge in [0.1, 0.15) is 6.54 Å². The molecule has 4 rings (SSSR count). The van der Waals surface area contributed by atoms with Gasteiger partial charge in [0, 0.05) is 16.5 Å². The summed E-state index contributed by atoms with van der Waals surface area (Å²) in [5.74, 6) is -0.538. The molecule has 4 nitrogen and oxygen atoms in total. The molecule has 152 valence electrons. The van der Waals surface area contributed by atoms with Gasteiger partial charge in [-0.1, -0.05) is 35.9 Å². The Morgan fingerprint density at radius 3 is 2.07 bits per heavy atom. The van der Waals surface area contributed by atoms with E-state index in [1.165, 1.54) is 6.07 Å². The predicted octanol–water partition coefficient (Wildman–Crippen LogP) is 5.47. The minimum Gasteiger partial charge on any atom is -0.331 e. The zero-order valence-electron chi connectivity index (χ0n) is 15.3. The summed E-state index contributed by atoms with van der Waals surface area (Å²) in [5, 5.41) is 2.94. The Morgan fingerprint density at radius 1 is 0.933 bits per heavy atom. The molecular formula is C22H14ClF3N2O2. The summed E-state index contributed by atoms with van der Waals surface area (Å²) in [6.07, 6.45) is -4.64. The summed E-state index contributed by atoms with van der Waals surface area (Å²) in [6.45, 7) is -0.189. The maximum atomic E-state index is 13.1. The fourth-order valence-corrected chi connectivity index (χ4v) is 3.64. The number of nitrogens with one attached hydrogen (secondary N) is 1. The number of alkyl halides is 3. The lowest BCUT2D eigenvalue weighted by Crippen LogP contribution is -2.21. The minimum atomic E-state index is -4.64. The number of fused-ring (bicyclic) bond motifs is 2. The highest BCUT2D eigenvalue weighted by Gasteiger charge is 2.33. The molecule has 0 saturated carbocycles. The number of hydrogen-bond acceptors (Lipinski definition) is 2. The van der Waals surface area contributed by atoms with Gasteiger partial charge in [0.2, 0.25) is 5.91 Å². The number of anilines is 1. The monoisotopic (exact) mass is 430 g/mol. The number of rotatable bonds is 3. The molecule has 1 amide bonds. The van der Waals surface area contributed by atoms with Crippen molar-refractivity contribution >= 4 is 45.0 Å². The Hall–Kier alpha value is -3.32. The van der Waals surface area contributed by atoms with Crippen molar-refractivity contribution in [2.24, 2.45) is 0 Å². The predicted molar refractivity (Wildman–Crippen MR) is 111 cm³/mol. The largest absolute Gasteiger partial charge is 0.417 e. The average Bonchev–Trinajstić information content (AvgIpc) is 2.72. The SMILES string of the molecule is O=C(Cn1c2ccccc2c(=O)c2ccccc21)Nc1ccc(Cl)c(C(F)(F)F)c1. The van der Waals surface area contributed by atoms with E-state index in [1.807, 2.05) is 0 Å². The summed E-state index contributed by atoms with van der Waals surface area (Å²) in [5.41, 5.74) is -0.0788. The Morgan fingerprint density at radius 2 is 1.50 bits per heavy atom. The highest BCUT2D eigenvalue weighted by Crippen LogP contribution is 2.36. The van der Waals surface area contributed by atoms with E-state index >= 15 is 0 Å². The first-order valence-electron chi connectivity index (χ1n) is 8.92. The van der Waals surface area contributed by atoms with Gasteiger partial charge in [-0.15, -0.1) is 0 Å². The highest BCUT2D eigenvalue weighted by molar-refractivity contribution is 6.31. The van der Waals surface area contributed by atoms with Crippen molar-refractivity contribution in [2.75, 3.05) is 5.32 Å². The summed E-state index contributed by atoms with van der Waals surface area (Å²) in [6, 6.07) is 16.9. The molecule has 1 aromatic heterocycles. The molecule has 0 spiro atoms. The normalized spacial score (nSPS) is 11.7. The molecule has 0 aliphatic rings. The number of nitrogens with zero attached hydrogens (tertiary/aromatic N) is 1. The van der Waals surface area contributed by atoms with Gasteiger partial charge in [-0.2, -0.15) is 13.2 Å².